The first kappa shape index (κ1) is 20.3. The molecule has 0 heterocycles. The van der Waals surface area contributed by atoms with Gasteiger partial charge in [0.2, 0.25) is 15.6 Å². The average molecular weight is 408 g/mol. The molecule has 0 radical (unpaired) electrons. The summed E-state index contributed by atoms with van der Waals surface area (Å²) in [5.41, 5.74) is 1.50. The van der Waals surface area contributed by atoms with Crippen molar-refractivity contribution >= 4 is 32.7 Å². The zero-order valence-electron chi connectivity index (χ0n) is 15.7. The van der Waals surface area contributed by atoms with Crippen molar-refractivity contribution in [3.8, 4) is 0 Å². The van der Waals surface area contributed by atoms with Gasteiger partial charge in [0.25, 0.3) is 0 Å². The van der Waals surface area contributed by atoms with E-state index in [1.165, 1.54) is 24.3 Å². The number of nitrogens with one attached hydrogen (secondary N) is 1. The molecule has 0 aromatic heterocycles. The van der Waals surface area contributed by atoms with E-state index in [0.29, 0.717) is 0 Å². The van der Waals surface area contributed by atoms with E-state index in [4.69, 9.17) is 5.21 Å². The summed E-state index contributed by atoms with van der Waals surface area (Å²) in [6.45, 7) is 1.66. The van der Waals surface area contributed by atoms with Crippen molar-refractivity contribution < 1.29 is 18.4 Å². The minimum atomic E-state index is -3.94. The molecule has 3 rings (SSSR count). The topological polar surface area (TPSA) is 95.8 Å². The highest BCUT2D eigenvalue weighted by molar-refractivity contribution is 7.91. The predicted molar refractivity (Wildman–Crippen MR) is 112 cm³/mol. The van der Waals surface area contributed by atoms with E-state index in [0.717, 1.165) is 11.4 Å². The van der Waals surface area contributed by atoms with Gasteiger partial charge in [-0.1, -0.05) is 42.4 Å². The van der Waals surface area contributed by atoms with Crippen LogP contribution >= 0.6 is 0 Å². The maximum atomic E-state index is 13.2. The highest BCUT2D eigenvalue weighted by Crippen LogP contribution is 2.27. The van der Waals surface area contributed by atoms with Crippen LogP contribution < -0.4 is 5.32 Å². The number of carbonyl (C=O) groups excluding carboxylic acids is 1. The van der Waals surface area contributed by atoms with Crippen LogP contribution in [0.4, 0.5) is 11.4 Å². The van der Waals surface area contributed by atoms with Gasteiger partial charge >= 0.3 is 0 Å². The van der Waals surface area contributed by atoms with E-state index in [2.05, 4.69) is 10.5 Å². The highest BCUT2D eigenvalue weighted by Gasteiger charge is 2.26. The SMILES string of the molecule is CCC(=NO)C(=O)c1ccccc1S(=O)(=O)c1ccc(Nc2ccccc2)cc1. The van der Waals surface area contributed by atoms with Crippen LogP contribution in [0.5, 0.6) is 0 Å². The summed E-state index contributed by atoms with van der Waals surface area (Å²) in [7, 11) is -3.94. The summed E-state index contributed by atoms with van der Waals surface area (Å²) >= 11 is 0. The van der Waals surface area contributed by atoms with Crippen molar-refractivity contribution in [2.75, 3.05) is 5.32 Å². The number of para-hydroxylation sites is 1. The first-order valence-corrected chi connectivity index (χ1v) is 10.5. The molecule has 0 bridgehead atoms. The Kier molecular flexibility index (Phi) is 6.09. The predicted octanol–water partition coefficient (Wildman–Crippen LogP) is 4.69. The zero-order valence-corrected chi connectivity index (χ0v) is 16.6. The molecular weight excluding hydrogens is 388 g/mol. The van der Waals surface area contributed by atoms with Crippen LogP contribution in [0.15, 0.2) is 93.8 Å². The number of carbonyl (C=O) groups is 1. The summed E-state index contributed by atoms with van der Waals surface area (Å²) in [5, 5.41) is 15.2. The molecule has 0 saturated carbocycles. The van der Waals surface area contributed by atoms with Crippen LogP contribution in [-0.4, -0.2) is 25.1 Å². The maximum Gasteiger partial charge on any atom is 0.211 e. The fourth-order valence-electron chi connectivity index (χ4n) is 2.85. The fraction of sp³-hybridized carbons (Fsp3) is 0.0909. The van der Waals surface area contributed by atoms with E-state index < -0.39 is 15.6 Å². The van der Waals surface area contributed by atoms with Crippen LogP contribution in [0.1, 0.15) is 23.7 Å². The van der Waals surface area contributed by atoms with Gasteiger partial charge in [0.05, 0.1) is 9.79 Å². The molecule has 6 nitrogen and oxygen atoms in total. The van der Waals surface area contributed by atoms with Gasteiger partial charge in [-0.05, 0) is 55.0 Å². The van der Waals surface area contributed by atoms with Crippen LogP contribution in [0.25, 0.3) is 0 Å². The van der Waals surface area contributed by atoms with E-state index in [1.807, 2.05) is 30.3 Å². The monoisotopic (exact) mass is 408 g/mol. The first-order valence-electron chi connectivity index (χ1n) is 8.99. The maximum absolute atomic E-state index is 13.2. The average Bonchev–Trinajstić information content (AvgIpc) is 2.75. The van der Waals surface area contributed by atoms with Crippen molar-refractivity contribution in [3.05, 3.63) is 84.4 Å². The van der Waals surface area contributed by atoms with E-state index in [9.17, 15) is 13.2 Å². The Bertz CT molecular complexity index is 1140. The number of hydrogen-bond acceptors (Lipinski definition) is 6. The molecule has 148 valence electrons. The smallest absolute Gasteiger partial charge is 0.211 e. The molecular formula is C22H20N2O4S. The van der Waals surface area contributed by atoms with E-state index in [-0.39, 0.29) is 27.5 Å². The van der Waals surface area contributed by atoms with Crippen molar-refractivity contribution in [2.45, 2.75) is 23.1 Å². The van der Waals surface area contributed by atoms with Crippen LogP contribution in [-0.2, 0) is 9.84 Å². The number of benzene rings is 3. The summed E-state index contributed by atoms with van der Waals surface area (Å²) in [5.74, 6) is -0.614. The van der Waals surface area contributed by atoms with Gasteiger partial charge in [0.15, 0.2) is 0 Å². The number of Topliss-reactive ketones (excluding diaryl/α,β-unsaturated/α-hetero) is 1. The molecule has 2 N–H and O–H groups in total. The minimum Gasteiger partial charge on any atom is -0.411 e. The number of oxime groups is 1. The lowest BCUT2D eigenvalue weighted by Crippen LogP contribution is -2.17. The molecule has 0 spiro atoms. The Labute approximate surface area is 169 Å². The fourth-order valence-corrected chi connectivity index (χ4v) is 4.31. The van der Waals surface area contributed by atoms with Gasteiger partial charge < -0.3 is 10.5 Å². The number of sulfone groups is 1. The molecule has 0 fully saturated rings. The van der Waals surface area contributed by atoms with Crippen LogP contribution in [0.2, 0.25) is 0 Å². The molecule has 0 aliphatic carbocycles. The molecule has 0 amide bonds. The van der Waals surface area contributed by atoms with Crippen LogP contribution in [0, 0.1) is 0 Å². The Morgan fingerprint density at radius 3 is 2.10 bits per heavy atom. The van der Waals surface area contributed by atoms with Gasteiger partial charge in [-0.15, -0.1) is 0 Å². The van der Waals surface area contributed by atoms with Crippen LogP contribution in [0.3, 0.4) is 0 Å². The van der Waals surface area contributed by atoms with Crippen molar-refractivity contribution in [2.24, 2.45) is 5.16 Å². The van der Waals surface area contributed by atoms with Gasteiger partial charge in [-0.3, -0.25) is 4.79 Å². The number of hydrogen-bond donors (Lipinski definition) is 2. The number of anilines is 2. The Morgan fingerprint density at radius 1 is 0.897 bits per heavy atom. The number of rotatable bonds is 7. The second-order valence-corrected chi connectivity index (χ2v) is 8.16. The molecule has 7 heteroatoms. The number of nitrogens with zero attached hydrogens (tertiary/aromatic N) is 1. The second-order valence-electron chi connectivity index (χ2n) is 6.24. The molecule has 0 atom stereocenters. The summed E-state index contributed by atoms with van der Waals surface area (Å²) in [4.78, 5) is 12.5. The molecule has 0 aliphatic heterocycles. The van der Waals surface area contributed by atoms with Crippen molar-refractivity contribution in [3.63, 3.8) is 0 Å². The Balaban J connectivity index is 1.95. The Hall–Kier alpha value is -3.45. The standard InChI is InChI=1S/C22H20N2O4S/c1-2-20(24-26)22(25)19-10-6-7-11-21(19)29(27,28)18-14-12-17(13-15-18)23-16-8-4-3-5-9-16/h3-15,23,26H,2H2,1H3. The van der Waals surface area contributed by atoms with E-state index in [1.54, 1.807) is 31.2 Å². The normalized spacial score (nSPS) is 11.8. The van der Waals surface area contributed by atoms with Gasteiger partial charge in [0, 0.05) is 16.9 Å². The summed E-state index contributed by atoms with van der Waals surface area (Å²) < 4.78 is 26.3. The van der Waals surface area contributed by atoms with Crippen molar-refractivity contribution in [1.82, 2.24) is 0 Å². The third kappa shape index (κ3) is 4.35. The number of ketones is 1. The summed E-state index contributed by atoms with van der Waals surface area (Å²) in [6, 6.07) is 21.7. The molecule has 29 heavy (non-hydrogen) atoms. The Morgan fingerprint density at radius 2 is 1.48 bits per heavy atom. The third-order valence-electron chi connectivity index (χ3n) is 4.37. The molecule has 0 saturated heterocycles. The summed E-state index contributed by atoms with van der Waals surface area (Å²) in [6.07, 6.45) is 0.184. The van der Waals surface area contributed by atoms with Gasteiger partial charge in [-0.25, -0.2) is 8.42 Å². The quantitative estimate of drug-likeness (QED) is 0.256. The van der Waals surface area contributed by atoms with E-state index >= 15 is 0 Å². The largest absolute Gasteiger partial charge is 0.411 e. The molecule has 3 aromatic carbocycles. The van der Waals surface area contributed by atoms with Gasteiger partial charge in [0.1, 0.15) is 5.71 Å². The second kappa shape index (κ2) is 8.70. The molecule has 0 unspecified atom stereocenters. The highest BCUT2D eigenvalue weighted by atomic mass is 32.2. The lowest BCUT2D eigenvalue weighted by Gasteiger charge is -2.11. The molecule has 3 aromatic rings. The van der Waals surface area contributed by atoms with Crippen molar-refractivity contribution in [1.29, 1.82) is 0 Å². The lowest BCUT2D eigenvalue weighted by molar-refractivity contribution is 0.105. The zero-order chi connectivity index (χ0) is 20.9. The third-order valence-corrected chi connectivity index (χ3v) is 6.19. The molecule has 0 aliphatic rings. The van der Waals surface area contributed by atoms with Gasteiger partial charge in [-0.2, -0.15) is 0 Å². The first-order chi connectivity index (χ1) is 14.0. The lowest BCUT2D eigenvalue weighted by atomic mass is 10.1. The minimum absolute atomic E-state index is 0.0198.